The molecule has 0 fully saturated rings. The molecule has 1 atom stereocenters. The van der Waals surface area contributed by atoms with Crippen LogP contribution in [0.1, 0.15) is 27.0 Å². The number of nitrogens with zero attached hydrogens (tertiary/aromatic N) is 1. The molecule has 0 aliphatic carbocycles. The third kappa shape index (κ3) is 7.71. The van der Waals surface area contributed by atoms with Gasteiger partial charge in [0, 0.05) is 30.8 Å². The molecule has 0 bridgehead atoms. The van der Waals surface area contributed by atoms with Crippen molar-refractivity contribution in [2.75, 3.05) is 25.5 Å². The monoisotopic (exact) mass is 532 g/mol. The van der Waals surface area contributed by atoms with Gasteiger partial charge < -0.3 is 20.7 Å². The second kappa shape index (κ2) is 13.6. The lowest BCUT2D eigenvalue weighted by Crippen LogP contribution is -2.48. The summed E-state index contributed by atoms with van der Waals surface area (Å²) in [4.78, 5) is 26.3. The first-order chi connectivity index (χ1) is 19.4. The average Bonchev–Trinajstić information content (AvgIpc) is 2.99. The van der Waals surface area contributed by atoms with E-state index in [1.54, 1.807) is 31.4 Å². The van der Waals surface area contributed by atoms with Crippen molar-refractivity contribution in [3.05, 3.63) is 119 Å². The van der Waals surface area contributed by atoms with Crippen LogP contribution in [-0.4, -0.2) is 38.1 Å². The Morgan fingerprint density at radius 2 is 1.55 bits per heavy atom. The number of nitrogens with one attached hydrogen (secondary N) is 3. The number of rotatable bonds is 11. The molecule has 0 unspecified atom stereocenters. The Balaban J connectivity index is 1.42. The van der Waals surface area contributed by atoms with Crippen molar-refractivity contribution >= 4 is 17.5 Å². The standard InChI is InChI=1S/C33H32N4O3/c1-23-4-3-5-28(20-23)32(38)37-31(33(39)36-19-18-35-29-14-16-30(40-2)17-15-29)21-24-6-10-26(11-7-24)27-12-8-25(22-34)9-13-27/h3-17,20,31,35H,18-19,21H2,1-2H3,(H,36,39)(H,37,38)/t31-/m0/s1. The fourth-order valence-electron chi connectivity index (χ4n) is 4.27. The van der Waals surface area contributed by atoms with E-state index in [2.05, 4.69) is 22.0 Å². The molecule has 202 valence electrons. The average molecular weight is 533 g/mol. The molecule has 4 aromatic carbocycles. The molecule has 0 aliphatic heterocycles. The lowest BCUT2D eigenvalue weighted by Gasteiger charge is -2.19. The van der Waals surface area contributed by atoms with E-state index in [-0.39, 0.29) is 11.8 Å². The molecule has 0 spiro atoms. The second-order valence-electron chi connectivity index (χ2n) is 9.43. The van der Waals surface area contributed by atoms with Crippen molar-refractivity contribution in [1.29, 1.82) is 5.26 Å². The van der Waals surface area contributed by atoms with Crippen LogP contribution >= 0.6 is 0 Å². The molecule has 0 aromatic heterocycles. The van der Waals surface area contributed by atoms with Gasteiger partial charge in [-0.3, -0.25) is 9.59 Å². The van der Waals surface area contributed by atoms with E-state index in [9.17, 15) is 9.59 Å². The predicted octanol–water partition coefficient (Wildman–Crippen LogP) is 5.11. The molecule has 4 rings (SSSR count). The molecule has 0 radical (unpaired) electrons. The summed E-state index contributed by atoms with van der Waals surface area (Å²) < 4.78 is 5.18. The third-order valence-electron chi connectivity index (χ3n) is 6.49. The molecule has 4 aromatic rings. The predicted molar refractivity (Wildman–Crippen MR) is 157 cm³/mol. The Bertz CT molecular complexity index is 1470. The molecular formula is C33H32N4O3. The van der Waals surface area contributed by atoms with Gasteiger partial charge in [-0.15, -0.1) is 0 Å². The van der Waals surface area contributed by atoms with Crippen LogP contribution in [0.2, 0.25) is 0 Å². The van der Waals surface area contributed by atoms with Gasteiger partial charge >= 0.3 is 0 Å². The highest BCUT2D eigenvalue weighted by molar-refractivity contribution is 5.97. The SMILES string of the molecule is COc1ccc(NCCNC(=O)[C@H](Cc2ccc(-c3ccc(C#N)cc3)cc2)NC(=O)c2cccc(C)c2)cc1. The van der Waals surface area contributed by atoms with Crippen LogP contribution in [0.5, 0.6) is 5.75 Å². The fourth-order valence-corrected chi connectivity index (χ4v) is 4.27. The minimum atomic E-state index is -0.755. The summed E-state index contributed by atoms with van der Waals surface area (Å²) in [5, 5.41) is 18.2. The highest BCUT2D eigenvalue weighted by Gasteiger charge is 2.22. The van der Waals surface area contributed by atoms with Gasteiger partial charge in [0.05, 0.1) is 18.7 Å². The second-order valence-corrected chi connectivity index (χ2v) is 9.43. The highest BCUT2D eigenvalue weighted by atomic mass is 16.5. The van der Waals surface area contributed by atoms with Gasteiger partial charge in [-0.25, -0.2) is 0 Å². The van der Waals surface area contributed by atoms with Gasteiger partial charge in [0.2, 0.25) is 5.91 Å². The number of anilines is 1. The van der Waals surface area contributed by atoms with Crippen molar-refractivity contribution in [3.8, 4) is 22.9 Å². The molecule has 7 nitrogen and oxygen atoms in total. The summed E-state index contributed by atoms with van der Waals surface area (Å²) >= 11 is 0. The van der Waals surface area contributed by atoms with E-state index >= 15 is 0 Å². The van der Waals surface area contributed by atoms with Crippen LogP contribution in [0, 0.1) is 18.3 Å². The molecule has 7 heteroatoms. The molecule has 3 N–H and O–H groups in total. The van der Waals surface area contributed by atoms with E-state index in [1.165, 1.54) is 0 Å². The van der Waals surface area contributed by atoms with Crippen LogP contribution < -0.4 is 20.7 Å². The summed E-state index contributed by atoms with van der Waals surface area (Å²) in [7, 11) is 1.62. The topological polar surface area (TPSA) is 103 Å². The zero-order valence-electron chi connectivity index (χ0n) is 22.6. The minimum absolute atomic E-state index is 0.256. The Morgan fingerprint density at radius 3 is 2.17 bits per heavy atom. The highest BCUT2D eigenvalue weighted by Crippen LogP contribution is 2.21. The molecule has 0 saturated carbocycles. The first-order valence-electron chi connectivity index (χ1n) is 13.1. The van der Waals surface area contributed by atoms with Crippen LogP contribution in [0.3, 0.4) is 0 Å². The molecule has 0 saturated heterocycles. The number of ether oxygens (including phenoxy) is 1. The number of hydrogen-bond acceptors (Lipinski definition) is 5. The number of nitriles is 1. The normalized spacial score (nSPS) is 11.1. The van der Waals surface area contributed by atoms with Gasteiger partial charge in [0.15, 0.2) is 0 Å². The van der Waals surface area contributed by atoms with E-state index in [4.69, 9.17) is 10.00 Å². The van der Waals surface area contributed by atoms with Crippen molar-refractivity contribution in [2.24, 2.45) is 0 Å². The smallest absolute Gasteiger partial charge is 0.251 e. The van der Waals surface area contributed by atoms with E-state index in [0.29, 0.717) is 30.6 Å². The molecular weight excluding hydrogens is 500 g/mol. The Hall–Kier alpha value is -5.09. The molecule has 2 amide bonds. The first kappa shape index (κ1) is 27.9. The first-order valence-corrected chi connectivity index (χ1v) is 13.1. The number of carbonyl (C=O) groups is 2. The van der Waals surface area contributed by atoms with E-state index < -0.39 is 6.04 Å². The van der Waals surface area contributed by atoms with Crippen LogP contribution in [0.25, 0.3) is 11.1 Å². The third-order valence-corrected chi connectivity index (χ3v) is 6.49. The van der Waals surface area contributed by atoms with Crippen LogP contribution in [0.15, 0.2) is 97.1 Å². The summed E-state index contributed by atoms with van der Waals surface area (Å²) in [6, 6.07) is 31.5. The Morgan fingerprint density at radius 1 is 0.875 bits per heavy atom. The summed E-state index contributed by atoms with van der Waals surface area (Å²) in [6.07, 6.45) is 0.336. The number of amides is 2. The maximum absolute atomic E-state index is 13.2. The molecule has 40 heavy (non-hydrogen) atoms. The maximum Gasteiger partial charge on any atom is 0.251 e. The lowest BCUT2D eigenvalue weighted by atomic mass is 9.99. The fraction of sp³-hybridized carbons (Fsp3) is 0.182. The Kier molecular flexibility index (Phi) is 9.52. The Labute approximate surface area is 234 Å². The number of hydrogen-bond donors (Lipinski definition) is 3. The summed E-state index contributed by atoms with van der Waals surface area (Å²) in [5.74, 6) is 0.221. The number of aryl methyl sites for hydroxylation is 1. The van der Waals surface area contributed by atoms with Gasteiger partial charge in [-0.2, -0.15) is 5.26 Å². The maximum atomic E-state index is 13.2. The summed E-state index contributed by atoms with van der Waals surface area (Å²) in [5.41, 5.74) is 5.92. The van der Waals surface area contributed by atoms with Crippen molar-refractivity contribution in [2.45, 2.75) is 19.4 Å². The number of methoxy groups -OCH3 is 1. The zero-order chi connectivity index (χ0) is 28.3. The van der Waals surface area contributed by atoms with Gasteiger partial charge in [-0.05, 0) is 72.1 Å². The lowest BCUT2D eigenvalue weighted by molar-refractivity contribution is -0.122. The molecule has 0 aliphatic rings. The molecule has 0 heterocycles. The zero-order valence-corrected chi connectivity index (χ0v) is 22.6. The summed E-state index contributed by atoms with van der Waals surface area (Å²) in [6.45, 7) is 2.83. The number of carbonyl (C=O) groups excluding carboxylic acids is 2. The minimum Gasteiger partial charge on any atom is -0.497 e. The van der Waals surface area contributed by atoms with E-state index in [0.717, 1.165) is 33.7 Å². The quantitative estimate of drug-likeness (QED) is 0.233. The van der Waals surface area contributed by atoms with Crippen LogP contribution in [-0.2, 0) is 11.2 Å². The van der Waals surface area contributed by atoms with Gasteiger partial charge in [0.25, 0.3) is 5.91 Å². The van der Waals surface area contributed by atoms with E-state index in [1.807, 2.05) is 79.7 Å². The van der Waals surface area contributed by atoms with Crippen molar-refractivity contribution in [1.82, 2.24) is 10.6 Å². The van der Waals surface area contributed by atoms with Crippen LogP contribution in [0.4, 0.5) is 5.69 Å². The van der Waals surface area contributed by atoms with Crippen molar-refractivity contribution < 1.29 is 14.3 Å². The largest absolute Gasteiger partial charge is 0.497 e. The number of benzene rings is 4. The van der Waals surface area contributed by atoms with Crippen molar-refractivity contribution in [3.63, 3.8) is 0 Å². The van der Waals surface area contributed by atoms with Gasteiger partial charge in [-0.1, -0.05) is 54.1 Å². The van der Waals surface area contributed by atoms with Gasteiger partial charge in [0.1, 0.15) is 11.8 Å².